The number of carbonyl (C=O) groups is 1. The fourth-order valence-electron chi connectivity index (χ4n) is 1.14. The van der Waals surface area contributed by atoms with Gasteiger partial charge in [-0.1, -0.05) is 0 Å². The van der Waals surface area contributed by atoms with Gasteiger partial charge in [-0.3, -0.25) is 4.79 Å². The Morgan fingerprint density at radius 3 is 2.64 bits per heavy atom. The molecule has 1 rings (SSSR count). The molecule has 0 bridgehead atoms. The number of ketones is 1. The fourth-order valence-corrected chi connectivity index (χ4v) is 1.84. The lowest BCUT2D eigenvalue weighted by molar-refractivity contribution is 0.101. The predicted octanol–water partition coefficient (Wildman–Crippen LogP) is 2.53. The summed E-state index contributed by atoms with van der Waals surface area (Å²) in [6, 6.07) is 5.20. The van der Waals surface area contributed by atoms with Crippen molar-refractivity contribution in [1.82, 2.24) is 0 Å². The molecule has 0 fully saturated rings. The lowest BCUT2D eigenvalue weighted by atomic mass is 10.1. The highest BCUT2D eigenvalue weighted by Crippen LogP contribution is 2.30. The SMILES string of the molecule is COc1ccc(C#N)c(Br)c1C(C)=O. The molecule has 0 aliphatic rings. The van der Waals surface area contributed by atoms with Crippen LogP contribution in [0, 0.1) is 11.3 Å². The molecule has 14 heavy (non-hydrogen) atoms. The van der Waals surface area contributed by atoms with E-state index in [0.29, 0.717) is 21.3 Å². The van der Waals surface area contributed by atoms with Gasteiger partial charge >= 0.3 is 0 Å². The summed E-state index contributed by atoms with van der Waals surface area (Å²) >= 11 is 3.21. The number of nitrogens with zero attached hydrogens (tertiary/aromatic N) is 1. The summed E-state index contributed by atoms with van der Waals surface area (Å²) in [6.45, 7) is 1.43. The number of ether oxygens (including phenoxy) is 1. The first-order valence-electron chi connectivity index (χ1n) is 3.89. The number of rotatable bonds is 2. The minimum atomic E-state index is -0.133. The van der Waals surface area contributed by atoms with E-state index in [1.807, 2.05) is 6.07 Å². The van der Waals surface area contributed by atoms with Crippen LogP contribution in [0.1, 0.15) is 22.8 Å². The van der Waals surface area contributed by atoms with Crippen molar-refractivity contribution in [3.05, 3.63) is 27.7 Å². The second-order valence-electron chi connectivity index (χ2n) is 2.67. The molecule has 3 nitrogen and oxygen atoms in total. The Labute approximate surface area is 90.4 Å². The molecular weight excluding hydrogens is 246 g/mol. The summed E-state index contributed by atoms with van der Waals surface area (Å²) in [5.74, 6) is 0.342. The number of halogens is 1. The second-order valence-corrected chi connectivity index (χ2v) is 3.47. The first kappa shape index (κ1) is 10.7. The van der Waals surface area contributed by atoms with Crippen LogP contribution in [-0.2, 0) is 0 Å². The predicted molar refractivity (Wildman–Crippen MR) is 55.4 cm³/mol. The first-order valence-corrected chi connectivity index (χ1v) is 4.68. The molecule has 0 amide bonds. The van der Waals surface area contributed by atoms with E-state index in [2.05, 4.69) is 15.9 Å². The van der Waals surface area contributed by atoms with Crippen molar-refractivity contribution in [3.63, 3.8) is 0 Å². The van der Waals surface area contributed by atoms with Crippen molar-refractivity contribution >= 4 is 21.7 Å². The van der Waals surface area contributed by atoms with Gasteiger partial charge in [-0.25, -0.2) is 0 Å². The zero-order chi connectivity index (χ0) is 10.7. The molecule has 1 aromatic carbocycles. The molecule has 1 aromatic rings. The molecule has 0 aliphatic carbocycles. The molecular formula is C10H8BrNO2. The van der Waals surface area contributed by atoms with Crippen LogP contribution in [-0.4, -0.2) is 12.9 Å². The van der Waals surface area contributed by atoms with Crippen LogP contribution < -0.4 is 4.74 Å². The normalized spacial score (nSPS) is 9.29. The van der Waals surface area contributed by atoms with Crippen LogP contribution in [0.3, 0.4) is 0 Å². The molecule has 4 heteroatoms. The van der Waals surface area contributed by atoms with E-state index in [4.69, 9.17) is 10.00 Å². The number of carbonyl (C=O) groups excluding carboxylic acids is 1. The molecule has 0 unspecified atom stereocenters. The Balaban J connectivity index is 3.49. The van der Waals surface area contributed by atoms with E-state index in [1.54, 1.807) is 12.1 Å². The quantitative estimate of drug-likeness (QED) is 0.762. The van der Waals surface area contributed by atoms with E-state index in [9.17, 15) is 4.79 Å². The summed E-state index contributed by atoms with van der Waals surface area (Å²) in [4.78, 5) is 11.3. The summed E-state index contributed by atoms with van der Waals surface area (Å²) in [5.41, 5.74) is 0.836. The number of hydrogen-bond acceptors (Lipinski definition) is 3. The largest absolute Gasteiger partial charge is 0.496 e. The van der Waals surface area contributed by atoms with Crippen LogP contribution in [0.15, 0.2) is 16.6 Å². The van der Waals surface area contributed by atoms with Crippen LogP contribution in [0.2, 0.25) is 0 Å². The molecule has 0 aromatic heterocycles. The van der Waals surface area contributed by atoms with Gasteiger partial charge in [-0.2, -0.15) is 5.26 Å². The third-order valence-electron chi connectivity index (χ3n) is 1.80. The highest BCUT2D eigenvalue weighted by atomic mass is 79.9. The Morgan fingerprint density at radius 2 is 2.21 bits per heavy atom. The molecule has 0 N–H and O–H groups in total. The second kappa shape index (κ2) is 4.25. The van der Waals surface area contributed by atoms with Crippen molar-refractivity contribution in [3.8, 4) is 11.8 Å². The number of Topliss-reactive ketones (excluding diaryl/α,β-unsaturated/α-hetero) is 1. The van der Waals surface area contributed by atoms with Gasteiger partial charge in [0.15, 0.2) is 5.78 Å². The third kappa shape index (κ3) is 1.78. The van der Waals surface area contributed by atoms with Gasteiger partial charge in [-0.15, -0.1) is 0 Å². The molecule has 0 atom stereocenters. The summed E-state index contributed by atoms with van der Waals surface area (Å²) in [5, 5.41) is 8.76. The highest BCUT2D eigenvalue weighted by Gasteiger charge is 2.15. The van der Waals surface area contributed by atoms with Crippen molar-refractivity contribution in [1.29, 1.82) is 5.26 Å². The zero-order valence-corrected chi connectivity index (χ0v) is 9.38. The average molecular weight is 254 g/mol. The average Bonchev–Trinajstić information content (AvgIpc) is 2.16. The minimum absolute atomic E-state index is 0.133. The summed E-state index contributed by atoms with van der Waals surface area (Å²) in [6.07, 6.45) is 0. The molecule has 0 spiro atoms. The van der Waals surface area contributed by atoms with E-state index in [0.717, 1.165) is 0 Å². The molecule has 0 aliphatic heterocycles. The van der Waals surface area contributed by atoms with Crippen LogP contribution in [0.5, 0.6) is 5.75 Å². The molecule has 0 radical (unpaired) electrons. The standard InChI is InChI=1S/C10H8BrNO2/c1-6(13)9-8(14-2)4-3-7(5-12)10(9)11/h3-4H,1-2H3. The van der Waals surface area contributed by atoms with Crippen LogP contribution >= 0.6 is 15.9 Å². The van der Waals surface area contributed by atoms with Gasteiger partial charge < -0.3 is 4.74 Å². The maximum atomic E-state index is 11.3. The Bertz CT molecular complexity index is 421. The van der Waals surface area contributed by atoms with Gasteiger partial charge in [0.25, 0.3) is 0 Å². The lowest BCUT2D eigenvalue weighted by Crippen LogP contribution is -2.00. The monoisotopic (exact) mass is 253 g/mol. The van der Waals surface area contributed by atoms with E-state index >= 15 is 0 Å². The van der Waals surface area contributed by atoms with Gasteiger partial charge in [-0.05, 0) is 35.0 Å². The van der Waals surface area contributed by atoms with E-state index < -0.39 is 0 Å². The molecule has 0 saturated carbocycles. The number of methoxy groups -OCH3 is 1. The fraction of sp³-hybridized carbons (Fsp3) is 0.200. The Kier molecular flexibility index (Phi) is 3.26. The van der Waals surface area contributed by atoms with Gasteiger partial charge in [0.05, 0.1) is 18.2 Å². The van der Waals surface area contributed by atoms with Crippen molar-refractivity contribution in [2.45, 2.75) is 6.92 Å². The minimum Gasteiger partial charge on any atom is -0.496 e. The number of benzene rings is 1. The lowest BCUT2D eigenvalue weighted by Gasteiger charge is -2.08. The van der Waals surface area contributed by atoms with E-state index in [1.165, 1.54) is 14.0 Å². The number of hydrogen-bond donors (Lipinski definition) is 0. The van der Waals surface area contributed by atoms with Crippen molar-refractivity contribution < 1.29 is 9.53 Å². The summed E-state index contributed by atoms with van der Waals surface area (Å²) < 4.78 is 5.52. The Morgan fingerprint density at radius 1 is 1.57 bits per heavy atom. The van der Waals surface area contributed by atoms with Crippen molar-refractivity contribution in [2.75, 3.05) is 7.11 Å². The number of nitriles is 1. The maximum absolute atomic E-state index is 11.3. The Hall–Kier alpha value is -1.34. The van der Waals surface area contributed by atoms with Crippen LogP contribution in [0.4, 0.5) is 0 Å². The smallest absolute Gasteiger partial charge is 0.164 e. The van der Waals surface area contributed by atoms with Gasteiger partial charge in [0.1, 0.15) is 11.8 Å². The zero-order valence-electron chi connectivity index (χ0n) is 7.80. The van der Waals surface area contributed by atoms with E-state index in [-0.39, 0.29) is 5.78 Å². The first-order chi connectivity index (χ1) is 6.61. The summed E-state index contributed by atoms with van der Waals surface area (Å²) in [7, 11) is 1.49. The molecule has 0 heterocycles. The third-order valence-corrected chi connectivity index (χ3v) is 2.62. The van der Waals surface area contributed by atoms with Crippen molar-refractivity contribution in [2.24, 2.45) is 0 Å². The molecule has 0 saturated heterocycles. The van der Waals surface area contributed by atoms with Gasteiger partial charge in [0.2, 0.25) is 0 Å². The van der Waals surface area contributed by atoms with Crippen LogP contribution in [0.25, 0.3) is 0 Å². The van der Waals surface area contributed by atoms with Gasteiger partial charge in [0, 0.05) is 4.47 Å². The maximum Gasteiger partial charge on any atom is 0.164 e. The molecule has 72 valence electrons. The highest BCUT2D eigenvalue weighted by molar-refractivity contribution is 9.10. The topological polar surface area (TPSA) is 50.1 Å².